The van der Waals surface area contributed by atoms with Crippen molar-refractivity contribution in [3.63, 3.8) is 0 Å². The number of para-hydroxylation sites is 1. The summed E-state index contributed by atoms with van der Waals surface area (Å²) in [6.45, 7) is 0.284. The Morgan fingerprint density at radius 2 is 2.03 bits per heavy atom. The summed E-state index contributed by atoms with van der Waals surface area (Å²) in [7, 11) is 0. The van der Waals surface area contributed by atoms with Crippen molar-refractivity contribution in [2.24, 2.45) is 0 Å². The fraction of sp³-hybridized carbons (Fsp3) is 0.217. The van der Waals surface area contributed by atoms with Crippen LogP contribution in [-0.2, 0) is 25.1 Å². The van der Waals surface area contributed by atoms with Crippen molar-refractivity contribution in [1.29, 1.82) is 0 Å². The number of benzene rings is 1. The van der Waals surface area contributed by atoms with Gasteiger partial charge in [0.05, 0.1) is 34.8 Å². The Kier molecular flexibility index (Phi) is 4.73. The number of rotatable bonds is 5. The second kappa shape index (κ2) is 7.75. The molecule has 1 N–H and O–H groups in total. The van der Waals surface area contributed by atoms with E-state index < -0.39 is 0 Å². The maximum atomic E-state index is 13.2. The zero-order chi connectivity index (χ0) is 21.7. The quantitative estimate of drug-likeness (QED) is 0.312. The van der Waals surface area contributed by atoms with E-state index >= 15 is 0 Å². The van der Waals surface area contributed by atoms with E-state index in [1.54, 1.807) is 34.3 Å². The number of aromatic amines is 1. The van der Waals surface area contributed by atoms with Gasteiger partial charge in [0, 0.05) is 4.88 Å². The summed E-state index contributed by atoms with van der Waals surface area (Å²) in [5.74, 6) is 1.66. The van der Waals surface area contributed by atoms with Crippen LogP contribution in [0.25, 0.3) is 21.1 Å². The first-order valence-corrected chi connectivity index (χ1v) is 12.2. The van der Waals surface area contributed by atoms with Crippen LogP contribution in [0.3, 0.4) is 0 Å². The van der Waals surface area contributed by atoms with Crippen LogP contribution in [0.2, 0.25) is 0 Å². The number of thioether (sulfide) groups is 1. The predicted octanol–water partition coefficient (Wildman–Crippen LogP) is 4.12. The third kappa shape index (κ3) is 3.28. The smallest absolute Gasteiger partial charge is 0.262 e. The highest BCUT2D eigenvalue weighted by atomic mass is 32.2. The van der Waals surface area contributed by atoms with E-state index in [-0.39, 0.29) is 17.7 Å². The van der Waals surface area contributed by atoms with E-state index in [2.05, 4.69) is 4.98 Å². The second-order valence-electron chi connectivity index (χ2n) is 7.72. The molecule has 0 radical (unpaired) electrons. The molecule has 1 aromatic carbocycles. The highest BCUT2D eigenvalue weighted by Gasteiger charge is 2.21. The number of furan rings is 1. The van der Waals surface area contributed by atoms with Gasteiger partial charge in [0.2, 0.25) is 0 Å². The molecule has 0 unspecified atom stereocenters. The Bertz CT molecular complexity index is 1580. The molecule has 1 aliphatic rings. The number of nitrogens with zero attached hydrogens (tertiary/aromatic N) is 3. The lowest BCUT2D eigenvalue weighted by Crippen LogP contribution is -2.24. The number of aryl methyl sites for hydroxylation is 2. The molecule has 4 heterocycles. The predicted molar refractivity (Wildman–Crippen MR) is 126 cm³/mol. The minimum atomic E-state index is -0.124. The van der Waals surface area contributed by atoms with Crippen LogP contribution < -0.4 is 11.1 Å². The lowest BCUT2D eigenvalue weighted by atomic mass is 10.2. The maximum absolute atomic E-state index is 13.2. The molecule has 32 heavy (non-hydrogen) atoms. The highest BCUT2D eigenvalue weighted by molar-refractivity contribution is 7.98. The molecule has 5 aromatic rings. The van der Waals surface area contributed by atoms with E-state index in [0.29, 0.717) is 33.4 Å². The van der Waals surface area contributed by atoms with Crippen molar-refractivity contribution < 1.29 is 4.42 Å². The number of thiophene rings is 1. The zero-order valence-electron chi connectivity index (χ0n) is 17.0. The molecule has 0 fully saturated rings. The lowest BCUT2D eigenvalue weighted by Gasteiger charge is -2.12. The molecule has 0 bridgehead atoms. The van der Waals surface area contributed by atoms with Crippen molar-refractivity contribution in [2.75, 3.05) is 0 Å². The summed E-state index contributed by atoms with van der Waals surface area (Å²) in [6, 6.07) is 10.9. The van der Waals surface area contributed by atoms with Crippen LogP contribution >= 0.6 is 23.1 Å². The van der Waals surface area contributed by atoms with Gasteiger partial charge in [-0.3, -0.25) is 14.2 Å². The van der Waals surface area contributed by atoms with Gasteiger partial charge in [-0.25, -0.2) is 9.97 Å². The van der Waals surface area contributed by atoms with Gasteiger partial charge in [-0.15, -0.1) is 11.3 Å². The third-order valence-electron chi connectivity index (χ3n) is 5.68. The van der Waals surface area contributed by atoms with E-state index in [9.17, 15) is 9.59 Å². The Morgan fingerprint density at radius 1 is 1.12 bits per heavy atom. The van der Waals surface area contributed by atoms with Crippen LogP contribution in [0.15, 0.2) is 61.8 Å². The standard InChI is InChI=1S/C23H18N4O3S2/c28-20-19-15-7-3-9-17(15)32-21(19)26-18(25-20)12-31-23-24-16-8-2-1-6-14(16)22(29)27(23)11-13-5-4-10-30-13/h1-2,4-6,8,10H,3,7,9,11-12H2,(H,25,26,28). The van der Waals surface area contributed by atoms with Gasteiger partial charge in [-0.05, 0) is 49.1 Å². The van der Waals surface area contributed by atoms with Crippen molar-refractivity contribution >= 4 is 44.2 Å². The van der Waals surface area contributed by atoms with Gasteiger partial charge in [0.25, 0.3) is 11.1 Å². The third-order valence-corrected chi connectivity index (χ3v) is 7.86. The fourth-order valence-corrected chi connectivity index (χ4v) is 6.35. The summed E-state index contributed by atoms with van der Waals surface area (Å²) in [6.07, 6.45) is 4.67. The summed E-state index contributed by atoms with van der Waals surface area (Å²) in [5, 5.41) is 1.86. The Hall–Kier alpha value is -3.17. The van der Waals surface area contributed by atoms with Gasteiger partial charge in [-0.1, -0.05) is 23.9 Å². The Morgan fingerprint density at radius 3 is 2.91 bits per heavy atom. The first-order valence-electron chi connectivity index (χ1n) is 10.4. The molecule has 0 amide bonds. The minimum absolute atomic E-state index is 0.0792. The van der Waals surface area contributed by atoms with E-state index in [1.807, 2.05) is 24.3 Å². The molecule has 4 aromatic heterocycles. The first-order chi connectivity index (χ1) is 15.7. The fourth-order valence-electron chi connectivity index (χ4n) is 4.20. The van der Waals surface area contributed by atoms with E-state index in [0.717, 1.165) is 29.5 Å². The molecule has 9 heteroatoms. The Balaban J connectivity index is 1.38. The molecule has 0 aliphatic heterocycles. The number of hydrogen-bond acceptors (Lipinski definition) is 7. The number of aromatic nitrogens is 4. The van der Waals surface area contributed by atoms with Crippen molar-refractivity contribution in [3.8, 4) is 0 Å². The first kappa shape index (κ1) is 19.5. The number of hydrogen-bond donors (Lipinski definition) is 1. The molecular formula is C23H18N4O3S2. The molecular weight excluding hydrogens is 444 g/mol. The summed E-state index contributed by atoms with van der Waals surface area (Å²) in [5.41, 5.74) is 1.61. The lowest BCUT2D eigenvalue weighted by molar-refractivity contribution is 0.476. The summed E-state index contributed by atoms with van der Waals surface area (Å²) < 4.78 is 7.07. The van der Waals surface area contributed by atoms with Gasteiger partial charge < -0.3 is 9.40 Å². The number of nitrogens with one attached hydrogen (secondary N) is 1. The van der Waals surface area contributed by atoms with Crippen LogP contribution in [-0.4, -0.2) is 19.5 Å². The SMILES string of the molecule is O=c1[nH]c(CSc2nc3ccccc3c(=O)n2Cc2ccco2)nc2sc3c(c12)CCC3. The summed E-state index contributed by atoms with van der Waals surface area (Å²) in [4.78, 5) is 40.4. The van der Waals surface area contributed by atoms with E-state index in [4.69, 9.17) is 14.4 Å². The summed E-state index contributed by atoms with van der Waals surface area (Å²) >= 11 is 3.00. The molecule has 7 nitrogen and oxygen atoms in total. The minimum Gasteiger partial charge on any atom is -0.467 e. The normalized spacial score (nSPS) is 13.2. The molecule has 0 spiro atoms. The molecule has 0 atom stereocenters. The van der Waals surface area contributed by atoms with Crippen molar-refractivity contribution in [2.45, 2.75) is 36.7 Å². The second-order valence-corrected chi connectivity index (χ2v) is 9.75. The van der Waals surface area contributed by atoms with E-state index in [1.165, 1.54) is 22.2 Å². The van der Waals surface area contributed by atoms with Crippen LogP contribution in [0.4, 0.5) is 0 Å². The van der Waals surface area contributed by atoms with Crippen LogP contribution in [0.5, 0.6) is 0 Å². The van der Waals surface area contributed by atoms with Crippen molar-refractivity contribution in [1.82, 2.24) is 19.5 Å². The highest BCUT2D eigenvalue weighted by Crippen LogP contribution is 2.34. The average molecular weight is 463 g/mol. The van der Waals surface area contributed by atoms with Gasteiger partial charge >= 0.3 is 0 Å². The van der Waals surface area contributed by atoms with Crippen LogP contribution in [0.1, 0.15) is 28.4 Å². The number of H-pyrrole nitrogens is 1. The Labute approximate surface area is 190 Å². The average Bonchev–Trinajstić information content (AvgIpc) is 3.52. The maximum Gasteiger partial charge on any atom is 0.262 e. The molecule has 0 saturated carbocycles. The van der Waals surface area contributed by atoms with Gasteiger partial charge in [0.1, 0.15) is 16.4 Å². The largest absolute Gasteiger partial charge is 0.467 e. The van der Waals surface area contributed by atoms with Crippen LogP contribution in [0, 0.1) is 0 Å². The molecule has 6 rings (SSSR count). The van der Waals surface area contributed by atoms with Gasteiger partial charge in [-0.2, -0.15) is 0 Å². The number of fused-ring (bicyclic) bond motifs is 4. The molecule has 1 aliphatic carbocycles. The molecule has 160 valence electrons. The molecule has 0 saturated heterocycles. The zero-order valence-corrected chi connectivity index (χ0v) is 18.6. The van der Waals surface area contributed by atoms with Crippen molar-refractivity contribution in [3.05, 3.63) is 85.4 Å². The monoisotopic (exact) mass is 462 g/mol. The van der Waals surface area contributed by atoms with Gasteiger partial charge in [0.15, 0.2) is 5.16 Å². The topological polar surface area (TPSA) is 93.8 Å².